The van der Waals surface area contributed by atoms with E-state index < -0.39 is 37.6 Å². The molecule has 4 atom stereocenters. The summed E-state index contributed by atoms with van der Waals surface area (Å²) in [6.07, 6.45) is 4.48. The Hall–Kier alpha value is -5.29. The van der Waals surface area contributed by atoms with E-state index in [0.29, 0.717) is 25.2 Å². The Morgan fingerprint density at radius 2 is 1.20 bits per heavy atom. The van der Waals surface area contributed by atoms with Crippen LogP contribution in [0.15, 0.2) is 138 Å². The highest BCUT2D eigenvalue weighted by atomic mass is 19.1. The third kappa shape index (κ3) is 7.00. The Morgan fingerprint density at radius 3 is 1.63 bits per heavy atom. The molecule has 0 saturated heterocycles. The van der Waals surface area contributed by atoms with Crippen LogP contribution >= 0.6 is 0 Å². The molecule has 0 amide bonds. The highest BCUT2D eigenvalue weighted by Gasteiger charge is 2.34. The summed E-state index contributed by atoms with van der Waals surface area (Å²) in [5.74, 6) is 1.45. The van der Waals surface area contributed by atoms with Crippen LogP contribution in [-0.2, 0) is 9.47 Å². The molecule has 0 spiro atoms. The largest absolute Gasteiger partial charge is 0.569 e. The summed E-state index contributed by atoms with van der Waals surface area (Å²) in [5.41, 5.74) is 4.42. The molecule has 46 heavy (non-hydrogen) atoms. The van der Waals surface area contributed by atoms with Gasteiger partial charge in [-0.1, -0.05) is 60.7 Å². The van der Waals surface area contributed by atoms with Crippen molar-refractivity contribution in [3.05, 3.63) is 150 Å². The van der Waals surface area contributed by atoms with Gasteiger partial charge in [0.2, 0.25) is 11.8 Å². The lowest BCUT2D eigenvalue weighted by molar-refractivity contribution is 0.180. The summed E-state index contributed by atoms with van der Waals surface area (Å²) in [6, 6.07) is 32.7. The molecule has 11 heteroatoms. The zero-order valence-electron chi connectivity index (χ0n) is 24.6. The molecule has 7 rings (SSSR count). The van der Waals surface area contributed by atoms with Crippen LogP contribution in [0.4, 0.5) is 8.78 Å². The summed E-state index contributed by atoms with van der Waals surface area (Å²) >= 11 is 0. The number of aromatic nitrogens is 2. The molecular weight excluding hydrogens is 589 g/mol. The molecule has 231 valence electrons. The van der Waals surface area contributed by atoms with E-state index in [1.807, 2.05) is 95.7 Å². The van der Waals surface area contributed by atoms with Crippen LogP contribution in [0.1, 0.15) is 34.5 Å². The van der Waals surface area contributed by atoms with Gasteiger partial charge in [-0.2, -0.15) is 0 Å². The van der Waals surface area contributed by atoms with Gasteiger partial charge in [0.15, 0.2) is 12.2 Å². The van der Waals surface area contributed by atoms with Crippen LogP contribution in [0, 0.1) is 0 Å². The first-order chi connectivity index (χ1) is 22.7. The second kappa shape index (κ2) is 14.7. The maximum atomic E-state index is 13.4. The minimum absolute atomic E-state index is 0.401. The van der Waals surface area contributed by atoms with Crippen molar-refractivity contribution in [1.29, 1.82) is 0 Å². The van der Waals surface area contributed by atoms with Gasteiger partial charge in [0.05, 0.1) is 12.1 Å². The first kappa shape index (κ1) is 30.7. The van der Waals surface area contributed by atoms with Gasteiger partial charge in [0, 0.05) is 29.2 Å². The van der Waals surface area contributed by atoms with Gasteiger partial charge in [-0.05, 0) is 59.7 Å². The lowest BCUT2D eigenvalue weighted by atomic mass is 10.0. The van der Waals surface area contributed by atoms with Gasteiger partial charge >= 0.3 is 7.69 Å². The standard InChI is InChI=1S/C19H16FN3O.C16H14BFNO3/c20-12-17-18(24-19(22-17)15-4-2-1-3-5-15)14-6-8-16(9-7-14)23-11-10-21-13-23;18-10-14-15(11-6-8-13(9-7-11)22-17-20)21-16(19-14)12-4-2-1-3-5-12/h1-11,13,17-18H,12H2;1-9,14-15,20H,10H2/t17-,18-;14-,15-/m11/s1. The van der Waals surface area contributed by atoms with Gasteiger partial charge in [-0.3, -0.25) is 0 Å². The lowest BCUT2D eigenvalue weighted by Crippen LogP contribution is -2.16. The first-order valence-corrected chi connectivity index (χ1v) is 14.7. The summed E-state index contributed by atoms with van der Waals surface area (Å²) in [6.45, 7) is -1.14. The van der Waals surface area contributed by atoms with Gasteiger partial charge in [-0.15, -0.1) is 0 Å². The van der Waals surface area contributed by atoms with Crippen LogP contribution < -0.4 is 4.65 Å². The smallest absolute Gasteiger partial charge is 0.537 e. The molecule has 0 fully saturated rings. The fourth-order valence-electron chi connectivity index (χ4n) is 5.20. The van der Waals surface area contributed by atoms with Gasteiger partial charge in [-0.25, -0.2) is 23.7 Å². The third-order valence-electron chi connectivity index (χ3n) is 7.52. The van der Waals surface area contributed by atoms with Crippen LogP contribution in [-0.4, -0.2) is 59.5 Å². The van der Waals surface area contributed by atoms with Crippen molar-refractivity contribution >= 4 is 19.5 Å². The number of hydrogen-bond donors (Lipinski definition) is 1. The van der Waals surface area contributed by atoms with Gasteiger partial charge in [0.1, 0.15) is 25.4 Å². The van der Waals surface area contributed by atoms with Crippen LogP contribution in [0.5, 0.6) is 5.75 Å². The van der Waals surface area contributed by atoms with Crippen molar-refractivity contribution in [2.75, 3.05) is 13.3 Å². The maximum absolute atomic E-state index is 13.4. The number of halogens is 2. The van der Waals surface area contributed by atoms with Crippen molar-refractivity contribution in [2.45, 2.75) is 24.3 Å². The number of ether oxygens (including phenoxy) is 2. The molecule has 1 N–H and O–H groups in total. The second-order valence-corrected chi connectivity index (χ2v) is 10.5. The molecule has 1 radical (unpaired) electrons. The number of rotatable bonds is 9. The minimum Gasteiger partial charge on any atom is -0.537 e. The second-order valence-electron chi connectivity index (χ2n) is 10.5. The number of nitrogens with zero attached hydrogens (tertiary/aromatic N) is 4. The SMILES string of the molecule is FC[C@H]1N=C(c2ccccc2)O[C@@H]1c1ccc(-n2ccnc2)cc1.O[B]Oc1ccc([C@H]2OC(c3ccccc3)=N[C@@H]2CF)cc1. The fraction of sp³-hybridized carbons (Fsp3) is 0.171. The fourth-order valence-corrected chi connectivity index (χ4v) is 5.20. The summed E-state index contributed by atoms with van der Waals surface area (Å²) < 4.78 is 45.3. The molecule has 0 saturated carbocycles. The number of imidazole rings is 1. The lowest BCUT2D eigenvalue weighted by Gasteiger charge is -2.16. The number of benzene rings is 4. The average Bonchev–Trinajstić information content (AvgIpc) is 3.91. The van der Waals surface area contributed by atoms with E-state index in [4.69, 9.17) is 19.2 Å². The van der Waals surface area contributed by atoms with E-state index >= 15 is 0 Å². The molecule has 0 bridgehead atoms. The number of alkyl halides is 2. The van der Waals surface area contributed by atoms with E-state index in [2.05, 4.69) is 15.0 Å². The molecule has 1 aromatic heterocycles. The number of hydrogen-bond acceptors (Lipinski definition) is 7. The van der Waals surface area contributed by atoms with E-state index in [9.17, 15) is 8.78 Å². The van der Waals surface area contributed by atoms with Crippen molar-refractivity contribution in [3.8, 4) is 11.4 Å². The Bertz CT molecular complexity index is 1740. The van der Waals surface area contributed by atoms with E-state index in [-0.39, 0.29) is 0 Å². The molecule has 0 unspecified atom stereocenters. The number of aliphatic imine (C=N–C) groups is 2. The topological polar surface area (TPSA) is 90.5 Å². The van der Waals surface area contributed by atoms with E-state index in [1.165, 1.54) is 0 Å². The van der Waals surface area contributed by atoms with E-state index in [0.717, 1.165) is 27.9 Å². The molecule has 2 aliphatic rings. The molecule has 0 aliphatic carbocycles. The van der Waals surface area contributed by atoms with Crippen molar-refractivity contribution < 1.29 is 27.9 Å². The summed E-state index contributed by atoms with van der Waals surface area (Å²) in [4.78, 5) is 12.8. The molecule has 8 nitrogen and oxygen atoms in total. The zero-order valence-corrected chi connectivity index (χ0v) is 24.6. The Balaban J connectivity index is 0.000000162. The summed E-state index contributed by atoms with van der Waals surface area (Å²) in [5, 5.41) is 8.60. The predicted molar refractivity (Wildman–Crippen MR) is 172 cm³/mol. The Labute approximate surface area is 266 Å². The van der Waals surface area contributed by atoms with Crippen molar-refractivity contribution in [2.24, 2.45) is 9.98 Å². The quantitative estimate of drug-likeness (QED) is 0.199. The van der Waals surface area contributed by atoms with Crippen LogP contribution in [0.3, 0.4) is 0 Å². The highest BCUT2D eigenvalue weighted by Crippen LogP contribution is 2.33. The zero-order chi connectivity index (χ0) is 31.7. The predicted octanol–water partition coefficient (Wildman–Crippen LogP) is 6.18. The third-order valence-corrected chi connectivity index (χ3v) is 7.52. The highest BCUT2D eigenvalue weighted by molar-refractivity contribution is 6.17. The minimum atomic E-state index is -0.594. The Kier molecular flexibility index (Phi) is 9.80. The maximum Gasteiger partial charge on any atom is 0.569 e. The van der Waals surface area contributed by atoms with Crippen LogP contribution in [0.25, 0.3) is 5.69 Å². The first-order valence-electron chi connectivity index (χ1n) is 14.7. The van der Waals surface area contributed by atoms with Crippen molar-refractivity contribution in [1.82, 2.24) is 9.55 Å². The normalized spacial score (nSPS) is 20.0. The molecule has 4 aromatic carbocycles. The van der Waals surface area contributed by atoms with Crippen molar-refractivity contribution in [3.63, 3.8) is 0 Å². The molecule has 3 heterocycles. The van der Waals surface area contributed by atoms with Gasteiger partial charge < -0.3 is 23.7 Å². The molecular formula is C35H30BF2N4O4. The summed E-state index contributed by atoms with van der Waals surface area (Å²) in [7, 11) is 0.613. The average molecular weight is 619 g/mol. The molecule has 5 aromatic rings. The van der Waals surface area contributed by atoms with Crippen LogP contribution in [0.2, 0.25) is 0 Å². The monoisotopic (exact) mass is 619 g/mol. The van der Waals surface area contributed by atoms with E-state index in [1.54, 1.807) is 36.8 Å². The molecule has 2 aliphatic heterocycles. The van der Waals surface area contributed by atoms with Gasteiger partial charge in [0.25, 0.3) is 0 Å². The Morgan fingerprint density at radius 1 is 0.696 bits per heavy atom.